The van der Waals surface area contributed by atoms with Crippen LogP contribution in [0.25, 0.3) is 11.5 Å². The number of hydrogen-bond acceptors (Lipinski definition) is 3. The minimum absolute atomic E-state index is 0.383. The van der Waals surface area contributed by atoms with Crippen LogP contribution in [0.5, 0.6) is 0 Å². The third-order valence-corrected chi connectivity index (χ3v) is 5.47. The van der Waals surface area contributed by atoms with Crippen LogP contribution in [-0.2, 0) is 12.7 Å². The lowest BCUT2D eigenvalue weighted by Crippen LogP contribution is -2.35. The largest absolute Gasteiger partial charge is 0.441 e. The van der Waals surface area contributed by atoms with E-state index in [-0.39, 0.29) is 0 Å². The van der Waals surface area contributed by atoms with Gasteiger partial charge in [0.2, 0.25) is 5.89 Å². The minimum atomic E-state index is -4.33. The van der Waals surface area contributed by atoms with E-state index in [0.29, 0.717) is 24.0 Å². The van der Waals surface area contributed by atoms with Gasteiger partial charge in [-0.3, -0.25) is 4.90 Å². The van der Waals surface area contributed by atoms with E-state index in [0.717, 1.165) is 35.4 Å². The summed E-state index contributed by atoms with van der Waals surface area (Å²) in [5, 5.41) is 0. The molecule has 140 valence electrons. The SMILES string of the molecule is Cc1oc(-c2ccc(C(F)(F)F)cc2)nc1CN(C)C(C1CC1)C1CC1. The molecule has 0 bridgehead atoms. The molecule has 1 aromatic carbocycles. The molecule has 2 fully saturated rings. The van der Waals surface area contributed by atoms with E-state index in [1.807, 2.05) is 6.92 Å². The molecule has 0 saturated heterocycles. The third kappa shape index (κ3) is 3.65. The quantitative estimate of drug-likeness (QED) is 0.697. The van der Waals surface area contributed by atoms with Crippen LogP contribution < -0.4 is 0 Å². The zero-order valence-electron chi connectivity index (χ0n) is 15.0. The number of rotatable bonds is 6. The van der Waals surface area contributed by atoms with Crippen molar-refractivity contribution < 1.29 is 17.6 Å². The normalized spacial score (nSPS) is 18.1. The smallest absolute Gasteiger partial charge is 0.416 e. The Labute approximate surface area is 151 Å². The summed E-state index contributed by atoms with van der Waals surface area (Å²) in [5.74, 6) is 2.74. The fourth-order valence-corrected chi connectivity index (χ4v) is 3.82. The molecule has 0 unspecified atom stereocenters. The molecule has 0 N–H and O–H groups in total. The molecule has 0 aliphatic heterocycles. The van der Waals surface area contributed by atoms with Crippen molar-refractivity contribution in [3.8, 4) is 11.5 Å². The second kappa shape index (κ2) is 6.41. The van der Waals surface area contributed by atoms with Crippen LogP contribution in [0.4, 0.5) is 13.2 Å². The lowest BCUT2D eigenvalue weighted by molar-refractivity contribution is -0.137. The van der Waals surface area contributed by atoms with Gasteiger partial charge in [-0.05, 0) is 75.8 Å². The predicted octanol–water partition coefficient (Wildman–Crippen LogP) is 5.29. The number of nitrogens with zero attached hydrogens (tertiary/aromatic N) is 2. The van der Waals surface area contributed by atoms with Gasteiger partial charge in [-0.1, -0.05) is 0 Å². The maximum Gasteiger partial charge on any atom is 0.416 e. The Balaban J connectivity index is 1.50. The zero-order chi connectivity index (χ0) is 18.5. The third-order valence-electron chi connectivity index (χ3n) is 5.47. The molecule has 0 radical (unpaired) electrons. The van der Waals surface area contributed by atoms with Crippen molar-refractivity contribution in [3.63, 3.8) is 0 Å². The fourth-order valence-electron chi connectivity index (χ4n) is 3.82. The first-order valence-corrected chi connectivity index (χ1v) is 9.17. The van der Waals surface area contributed by atoms with Gasteiger partial charge in [-0.25, -0.2) is 4.98 Å². The van der Waals surface area contributed by atoms with Crippen molar-refractivity contribution in [2.75, 3.05) is 7.05 Å². The van der Waals surface area contributed by atoms with E-state index >= 15 is 0 Å². The molecule has 6 heteroatoms. The molecule has 1 aromatic heterocycles. The van der Waals surface area contributed by atoms with Crippen LogP contribution in [0.3, 0.4) is 0 Å². The molecule has 2 aliphatic rings. The van der Waals surface area contributed by atoms with E-state index in [9.17, 15) is 13.2 Å². The van der Waals surface area contributed by atoms with Gasteiger partial charge in [0.1, 0.15) is 5.76 Å². The summed E-state index contributed by atoms with van der Waals surface area (Å²) in [4.78, 5) is 6.95. The molecule has 3 nitrogen and oxygen atoms in total. The summed E-state index contributed by atoms with van der Waals surface area (Å²) in [5.41, 5.74) is 0.769. The maximum absolute atomic E-state index is 12.7. The van der Waals surface area contributed by atoms with Gasteiger partial charge < -0.3 is 4.42 Å². The summed E-state index contributed by atoms with van der Waals surface area (Å²) in [6, 6.07) is 5.59. The zero-order valence-corrected chi connectivity index (χ0v) is 15.0. The highest BCUT2D eigenvalue weighted by Gasteiger charge is 2.43. The number of benzene rings is 1. The van der Waals surface area contributed by atoms with Crippen LogP contribution in [-0.4, -0.2) is 23.0 Å². The van der Waals surface area contributed by atoms with Crippen molar-refractivity contribution >= 4 is 0 Å². The molecule has 2 aromatic rings. The Bertz CT molecular complexity index is 761. The minimum Gasteiger partial charge on any atom is -0.441 e. The Kier molecular flexibility index (Phi) is 4.34. The van der Waals surface area contributed by atoms with Gasteiger partial charge >= 0.3 is 6.18 Å². The van der Waals surface area contributed by atoms with Gasteiger partial charge in [0.15, 0.2) is 0 Å². The van der Waals surface area contributed by atoms with Crippen molar-refractivity contribution in [1.29, 1.82) is 0 Å². The van der Waals surface area contributed by atoms with Crippen molar-refractivity contribution in [2.45, 2.75) is 51.4 Å². The summed E-state index contributed by atoms with van der Waals surface area (Å²) in [6.07, 6.45) is 0.944. The van der Waals surface area contributed by atoms with Crippen LogP contribution in [0.2, 0.25) is 0 Å². The molecule has 2 saturated carbocycles. The second-order valence-electron chi connectivity index (χ2n) is 7.68. The van der Waals surface area contributed by atoms with Gasteiger partial charge in [0.05, 0.1) is 11.3 Å². The lowest BCUT2D eigenvalue weighted by Gasteiger charge is -2.27. The second-order valence-corrected chi connectivity index (χ2v) is 7.68. The summed E-state index contributed by atoms with van der Waals surface area (Å²) < 4.78 is 43.9. The van der Waals surface area contributed by atoms with E-state index < -0.39 is 11.7 Å². The van der Waals surface area contributed by atoms with Gasteiger partial charge in [-0.15, -0.1) is 0 Å². The molecule has 1 heterocycles. The molecule has 26 heavy (non-hydrogen) atoms. The highest BCUT2D eigenvalue weighted by atomic mass is 19.4. The number of aromatic nitrogens is 1. The number of oxazole rings is 1. The standard InChI is InChI=1S/C20H23F3N2O/c1-12-17(11-25(2)18(13-3-4-13)14-5-6-14)24-19(26-12)15-7-9-16(10-8-15)20(21,22)23/h7-10,13-14,18H,3-6,11H2,1-2H3. The summed E-state index contributed by atoms with van der Waals surface area (Å²) >= 11 is 0. The molecule has 4 rings (SSSR count). The average Bonchev–Trinajstić information content (AvgIpc) is 3.50. The van der Waals surface area contributed by atoms with E-state index in [4.69, 9.17) is 4.42 Å². The first-order chi connectivity index (χ1) is 12.3. The maximum atomic E-state index is 12.7. The van der Waals surface area contributed by atoms with Gasteiger partial charge in [0.25, 0.3) is 0 Å². The van der Waals surface area contributed by atoms with Crippen LogP contribution in [0.15, 0.2) is 28.7 Å². The van der Waals surface area contributed by atoms with Crippen molar-refractivity contribution in [2.24, 2.45) is 11.8 Å². The average molecular weight is 364 g/mol. The topological polar surface area (TPSA) is 29.3 Å². The first-order valence-electron chi connectivity index (χ1n) is 9.17. The number of hydrogen-bond donors (Lipinski definition) is 0. The van der Waals surface area contributed by atoms with Crippen LogP contribution >= 0.6 is 0 Å². The monoisotopic (exact) mass is 364 g/mol. The molecular weight excluding hydrogens is 341 g/mol. The predicted molar refractivity (Wildman–Crippen MR) is 92.4 cm³/mol. The molecule has 0 atom stereocenters. The van der Waals surface area contributed by atoms with Gasteiger partial charge in [-0.2, -0.15) is 13.2 Å². The highest BCUT2D eigenvalue weighted by molar-refractivity contribution is 5.54. The van der Waals surface area contributed by atoms with E-state index in [1.165, 1.54) is 37.8 Å². The molecular formula is C20H23F3N2O. The van der Waals surface area contributed by atoms with Crippen molar-refractivity contribution in [1.82, 2.24) is 9.88 Å². The highest BCUT2D eigenvalue weighted by Crippen LogP contribution is 2.47. The lowest BCUT2D eigenvalue weighted by atomic mass is 10.1. The molecule has 0 amide bonds. The summed E-state index contributed by atoms with van der Waals surface area (Å²) in [7, 11) is 2.15. The Morgan fingerprint density at radius 3 is 2.19 bits per heavy atom. The molecule has 2 aliphatic carbocycles. The van der Waals surface area contributed by atoms with Crippen molar-refractivity contribution in [3.05, 3.63) is 41.3 Å². The fraction of sp³-hybridized carbons (Fsp3) is 0.550. The van der Waals surface area contributed by atoms with Gasteiger partial charge in [0, 0.05) is 18.2 Å². The number of halogens is 3. The van der Waals surface area contributed by atoms with E-state index in [2.05, 4.69) is 16.9 Å². The van der Waals surface area contributed by atoms with Crippen LogP contribution in [0.1, 0.15) is 42.7 Å². The Morgan fingerprint density at radius 1 is 1.12 bits per heavy atom. The molecule has 0 spiro atoms. The van der Waals surface area contributed by atoms with Crippen LogP contribution in [0, 0.1) is 18.8 Å². The number of alkyl halides is 3. The van der Waals surface area contributed by atoms with E-state index in [1.54, 1.807) is 0 Å². The summed E-state index contributed by atoms with van der Waals surface area (Å²) in [6.45, 7) is 2.58. The number of aryl methyl sites for hydroxylation is 1. The first kappa shape index (κ1) is 17.6. The Hall–Kier alpha value is -1.82. The Morgan fingerprint density at radius 2 is 1.69 bits per heavy atom.